The Morgan fingerprint density at radius 1 is 1.16 bits per heavy atom. The van der Waals surface area contributed by atoms with Gasteiger partial charge in [-0.15, -0.1) is 5.10 Å². The number of carbonyl (C=O) groups excluding carboxylic acids is 1. The summed E-state index contributed by atoms with van der Waals surface area (Å²) in [5.41, 5.74) is 2.44. The van der Waals surface area contributed by atoms with Crippen molar-refractivity contribution < 1.29 is 4.79 Å². The first-order valence-electron chi connectivity index (χ1n) is 9.49. The molecule has 0 aromatic carbocycles. The van der Waals surface area contributed by atoms with E-state index in [1.54, 1.807) is 0 Å². The third-order valence-electron chi connectivity index (χ3n) is 5.51. The minimum absolute atomic E-state index is 0.140. The monoisotopic (exact) mass is 341 g/mol. The molecule has 1 aliphatic carbocycles. The molecule has 2 aliphatic rings. The number of hydrogen-bond donors (Lipinski definition) is 0. The normalized spacial score (nSPS) is 18.7. The second-order valence-corrected chi connectivity index (χ2v) is 7.05. The Morgan fingerprint density at radius 2 is 1.92 bits per heavy atom. The van der Waals surface area contributed by atoms with Crippen molar-refractivity contribution >= 4 is 11.7 Å². The molecule has 0 N–H and O–H groups in total. The Kier molecular flexibility index (Phi) is 5.52. The van der Waals surface area contributed by atoms with Crippen LogP contribution >= 0.6 is 0 Å². The van der Waals surface area contributed by atoms with E-state index in [0.717, 1.165) is 37.2 Å². The van der Waals surface area contributed by atoms with E-state index in [2.05, 4.69) is 16.3 Å². The Morgan fingerprint density at radius 3 is 2.52 bits per heavy atom. The molecule has 1 saturated carbocycles. The highest BCUT2D eigenvalue weighted by atomic mass is 16.2. The van der Waals surface area contributed by atoms with Gasteiger partial charge in [-0.25, -0.2) is 0 Å². The number of nitrogens with zero attached hydrogens (tertiary/aromatic N) is 5. The van der Waals surface area contributed by atoms with Gasteiger partial charge in [0, 0.05) is 19.6 Å². The van der Waals surface area contributed by atoms with Crippen LogP contribution in [0.5, 0.6) is 0 Å². The molecule has 6 heteroatoms. The Bertz CT molecular complexity index is 675. The van der Waals surface area contributed by atoms with E-state index >= 15 is 0 Å². The minimum Gasteiger partial charge on any atom is -0.343 e. The van der Waals surface area contributed by atoms with Gasteiger partial charge in [0.2, 0.25) is 5.91 Å². The Hall–Kier alpha value is -2.16. The summed E-state index contributed by atoms with van der Waals surface area (Å²) in [6.45, 7) is 6.67. The van der Waals surface area contributed by atoms with Gasteiger partial charge in [-0.3, -0.25) is 4.79 Å². The van der Waals surface area contributed by atoms with Gasteiger partial charge in [0.05, 0.1) is 12.2 Å². The molecule has 2 heterocycles. The third kappa shape index (κ3) is 3.60. The number of anilines is 1. The largest absolute Gasteiger partial charge is 0.343 e. The lowest BCUT2D eigenvalue weighted by molar-refractivity contribution is -0.131. The van der Waals surface area contributed by atoms with E-state index in [4.69, 9.17) is 0 Å². The molecule has 3 rings (SSSR count). The average molecular weight is 341 g/mol. The van der Waals surface area contributed by atoms with Crippen LogP contribution in [-0.4, -0.2) is 47.2 Å². The highest BCUT2D eigenvalue weighted by Gasteiger charge is 2.30. The van der Waals surface area contributed by atoms with Gasteiger partial charge in [0.15, 0.2) is 5.82 Å². The molecule has 1 aromatic heterocycles. The van der Waals surface area contributed by atoms with Crippen LogP contribution in [0.4, 0.5) is 5.82 Å². The first kappa shape index (κ1) is 17.7. The van der Waals surface area contributed by atoms with Crippen LogP contribution in [0.25, 0.3) is 0 Å². The van der Waals surface area contributed by atoms with Crippen LogP contribution < -0.4 is 4.90 Å². The quantitative estimate of drug-likeness (QED) is 0.822. The van der Waals surface area contributed by atoms with Gasteiger partial charge in [-0.2, -0.15) is 10.4 Å². The number of carbonyl (C=O) groups is 1. The van der Waals surface area contributed by atoms with Crippen LogP contribution in [0.15, 0.2) is 0 Å². The fourth-order valence-electron chi connectivity index (χ4n) is 4.09. The zero-order valence-corrected chi connectivity index (χ0v) is 15.3. The molecule has 2 fully saturated rings. The van der Waals surface area contributed by atoms with Crippen molar-refractivity contribution in [3.8, 4) is 6.07 Å². The molecule has 1 saturated heterocycles. The molecule has 25 heavy (non-hydrogen) atoms. The topological polar surface area (TPSA) is 73.1 Å². The molecular formula is C19H27N5O. The molecule has 6 nitrogen and oxygen atoms in total. The molecule has 0 bridgehead atoms. The SMILES string of the molecule is CCc1nnc(N2CCN(CC3CCCC3)C(=O)C2)c(C#N)c1CC. The van der Waals surface area contributed by atoms with Crippen LogP contribution in [-0.2, 0) is 17.6 Å². The predicted molar refractivity (Wildman–Crippen MR) is 96.3 cm³/mol. The van der Waals surface area contributed by atoms with Crippen LogP contribution in [0.3, 0.4) is 0 Å². The molecular weight excluding hydrogens is 314 g/mol. The molecule has 0 radical (unpaired) electrons. The van der Waals surface area contributed by atoms with Crippen LogP contribution in [0.1, 0.15) is 56.4 Å². The number of hydrogen-bond acceptors (Lipinski definition) is 5. The van der Waals surface area contributed by atoms with Crippen LogP contribution in [0.2, 0.25) is 0 Å². The van der Waals surface area contributed by atoms with Crippen LogP contribution in [0, 0.1) is 17.2 Å². The summed E-state index contributed by atoms with van der Waals surface area (Å²) in [6, 6.07) is 2.30. The second kappa shape index (κ2) is 7.81. The van der Waals surface area contributed by atoms with Gasteiger partial charge in [-0.1, -0.05) is 26.7 Å². The maximum Gasteiger partial charge on any atom is 0.242 e. The maximum absolute atomic E-state index is 12.6. The van der Waals surface area contributed by atoms with E-state index in [9.17, 15) is 10.1 Å². The van der Waals surface area contributed by atoms with E-state index < -0.39 is 0 Å². The highest BCUT2D eigenvalue weighted by molar-refractivity contribution is 5.83. The summed E-state index contributed by atoms with van der Waals surface area (Å²) in [5.74, 6) is 1.38. The summed E-state index contributed by atoms with van der Waals surface area (Å²) in [4.78, 5) is 16.5. The summed E-state index contributed by atoms with van der Waals surface area (Å²) in [5, 5.41) is 18.3. The molecule has 1 aliphatic heterocycles. The van der Waals surface area contributed by atoms with Gasteiger partial charge >= 0.3 is 0 Å². The zero-order valence-electron chi connectivity index (χ0n) is 15.3. The molecule has 134 valence electrons. The van der Waals surface area contributed by atoms with E-state index in [0.29, 0.717) is 30.4 Å². The lowest BCUT2D eigenvalue weighted by Crippen LogP contribution is -2.52. The smallest absolute Gasteiger partial charge is 0.242 e. The van der Waals surface area contributed by atoms with E-state index in [1.807, 2.05) is 23.6 Å². The Labute approximate surface area is 149 Å². The fourth-order valence-corrected chi connectivity index (χ4v) is 4.09. The molecule has 0 atom stereocenters. The number of nitriles is 1. The summed E-state index contributed by atoms with van der Waals surface area (Å²) in [6.07, 6.45) is 6.60. The van der Waals surface area contributed by atoms with Crippen molar-refractivity contribution in [2.75, 3.05) is 31.1 Å². The summed E-state index contributed by atoms with van der Waals surface area (Å²) in [7, 11) is 0. The molecule has 1 amide bonds. The first-order valence-corrected chi connectivity index (χ1v) is 9.49. The number of amides is 1. The zero-order chi connectivity index (χ0) is 17.8. The lowest BCUT2D eigenvalue weighted by atomic mass is 10.0. The lowest BCUT2D eigenvalue weighted by Gasteiger charge is -2.36. The number of rotatable bonds is 5. The Balaban J connectivity index is 1.75. The van der Waals surface area contributed by atoms with Gasteiger partial charge in [0.25, 0.3) is 0 Å². The van der Waals surface area contributed by atoms with E-state index in [1.165, 1.54) is 25.7 Å². The van der Waals surface area contributed by atoms with Crippen molar-refractivity contribution in [3.05, 3.63) is 16.8 Å². The predicted octanol–water partition coefficient (Wildman–Crippen LogP) is 2.31. The second-order valence-electron chi connectivity index (χ2n) is 7.05. The number of aryl methyl sites for hydroxylation is 1. The fraction of sp³-hybridized carbons (Fsp3) is 0.684. The molecule has 0 unspecified atom stereocenters. The third-order valence-corrected chi connectivity index (χ3v) is 5.51. The minimum atomic E-state index is 0.140. The van der Waals surface area contributed by atoms with Gasteiger partial charge < -0.3 is 9.80 Å². The van der Waals surface area contributed by atoms with Gasteiger partial charge in [-0.05, 0) is 37.2 Å². The van der Waals surface area contributed by atoms with E-state index in [-0.39, 0.29) is 5.91 Å². The number of aromatic nitrogens is 2. The molecule has 1 aromatic rings. The van der Waals surface area contributed by atoms with Crippen molar-refractivity contribution in [3.63, 3.8) is 0 Å². The van der Waals surface area contributed by atoms with Crippen molar-refractivity contribution in [1.82, 2.24) is 15.1 Å². The van der Waals surface area contributed by atoms with Crippen molar-refractivity contribution in [2.24, 2.45) is 5.92 Å². The van der Waals surface area contributed by atoms with Gasteiger partial charge in [0.1, 0.15) is 11.6 Å². The molecule has 0 spiro atoms. The summed E-state index contributed by atoms with van der Waals surface area (Å²) < 4.78 is 0. The number of piperazine rings is 1. The maximum atomic E-state index is 12.6. The first-order chi connectivity index (χ1) is 12.2. The standard InChI is InChI=1S/C19H27N5O/c1-3-15-16(11-20)19(22-21-17(15)4-2)24-10-9-23(18(25)13-24)12-14-7-5-6-8-14/h14H,3-10,12-13H2,1-2H3. The summed E-state index contributed by atoms with van der Waals surface area (Å²) >= 11 is 0. The highest BCUT2D eigenvalue weighted by Crippen LogP contribution is 2.27. The van der Waals surface area contributed by atoms with Crippen molar-refractivity contribution in [1.29, 1.82) is 5.26 Å². The van der Waals surface area contributed by atoms with Crippen molar-refractivity contribution in [2.45, 2.75) is 52.4 Å². The average Bonchev–Trinajstić information content (AvgIpc) is 3.15.